The molecule has 0 bridgehead atoms. The highest BCUT2D eigenvalue weighted by molar-refractivity contribution is 9.11. The van der Waals surface area contributed by atoms with Crippen LogP contribution in [0.15, 0.2) is 27.2 Å². The maximum absolute atomic E-state index is 11.8. The minimum Gasteiger partial charge on any atom is -0.466 e. The maximum Gasteiger partial charge on any atom is 0.338 e. The number of rotatable bonds is 2. The highest BCUT2D eigenvalue weighted by Crippen LogP contribution is 2.33. The van der Waals surface area contributed by atoms with E-state index >= 15 is 0 Å². The first-order valence-corrected chi connectivity index (χ1v) is 6.75. The second-order valence-corrected chi connectivity index (χ2v) is 6.20. The van der Waals surface area contributed by atoms with E-state index < -0.39 is 12.0 Å². The topological polar surface area (TPSA) is 67.4 Å². The van der Waals surface area contributed by atoms with Gasteiger partial charge in [-0.2, -0.15) is 0 Å². The van der Waals surface area contributed by atoms with E-state index in [0.717, 1.165) is 8.66 Å². The number of esters is 1. The van der Waals surface area contributed by atoms with E-state index in [2.05, 4.69) is 26.6 Å². The molecule has 18 heavy (non-hydrogen) atoms. The summed E-state index contributed by atoms with van der Waals surface area (Å²) in [6.07, 6.45) is 0. The summed E-state index contributed by atoms with van der Waals surface area (Å²) in [7, 11) is 1.32. The standard InChI is InChI=1S/C11H11BrN2O3S/c1-5-8(10(15)17-2)9(14-11(16)13-5)6-3-4-7(12)18-6/h3-4,9H,1-2H3,(H2,13,14,16)/t9-/m1/s1. The number of allylic oxidation sites excluding steroid dienone is 1. The molecule has 2 amide bonds. The van der Waals surface area contributed by atoms with Crippen molar-refractivity contribution in [2.24, 2.45) is 0 Å². The van der Waals surface area contributed by atoms with Crippen molar-refractivity contribution >= 4 is 39.3 Å². The monoisotopic (exact) mass is 330 g/mol. The summed E-state index contributed by atoms with van der Waals surface area (Å²) in [5.41, 5.74) is 0.937. The van der Waals surface area contributed by atoms with Gasteiger partial charge in [0.05, 0.1) is 22.5 Å². The van der Waals surface area contributed by atoms with E-state index in [1.54, 1.807) is 6.92 Å². The van der Waals surface area contributed by atoms with Crippen molar-refractivity contribution < 1.29 is 14.3 Å². The molecule has 0 aromatic carbocycles. The summed E-state index contributed by atoms with van der Waals surface area (Å²) < 4.78 is 5.70. The number of nitrogens with one attached hydrogen (secondary N) is 2. The number of methoxy groups -OCH3 is 1. The summed E-state index contributed by atoms with van der Waals surface area (Å²) in [5, 5.41) is 5.30. The predicted octanol–water partition coefficient (Wildman–Crippen LogP) is 2.31. The fraction of sp³-hybridized carbons (Fsp3) is 0.273. The number of amides is 2. The Labute approximate surface area is 116 Å². The molecule has 0 saturated heterocycles. The van der Waals surface area contributed by atoms with Crippen molar-refractivity contribution in [1.82, 2.24) is 10.6 Å². The molecule has 7 heteroatoms. The van der Waals surface area contributed by atoms with Gasteiger partial charge in [-0.05, 0) is 35.0 Å². The SMILES string of the molecule is COC(=O)C1=C(C)NC(=O)N[C@@H]1c1ccc(Br)s1. The second-order valence-electron chi connectivity index (χ2n) is 3.70. The van der Waals surface area contributed by atoms with E-state index in [4.69, 9.17) is 4.74 Å². The summed E-state index contributed by atoms with van der Waals surface area (Å²) in [4.78, 5) is 24.2. The van der Waals surface area contributed by atoms with Crippen molar-refractivity contribution in [3.63, 3.8) is 0 Å². The van der Waals surface area contributed by atoms with Gasteiger partial charge in [-0.1, -0.05) is 0 Å². The zero-order valence-corrected chi connectivity index (χ0v) is 12.1. The third-order valence-corrected chi connectivity index (χ3v) is 4.24. The fourth-order valence-electron chi connectivity index (χ4n) is 1.77. The lowest BCUT2D eigenvalue weighted by atomic mass is 10.0. The van der Waals surface area contributed by atoms with Crippen molar-refractivity contribution in [2.45, 2.75) is 13.0 Å². The molecule has 1 aliphatic heterocycles. The molecule has 1 aromatic rings. The van der Waals surface area contributed by atoms with E-state index in [1.165, 1.54) is 18.4 Å². The zero-order valence-electron chi connectivity index (χ0n) is 9.74. The molecular formula is C11H11BrN2O3S. The number of hydrogen-bond donors (Lipinski definition) is 2. The average molecular weight is 331 g/mol. The van der Waals surface area contributed by atoms with Crippen molar-refractivity contribution in [1.29, 1.82) is 0 Å². The van der Waals surface area contributed by atoms with Gasteiger partial charge in [-0.15, -0.1) is 11.3 Å². The number of ether oxygens (including phenoxy) is 1. The van der Waals surface area contributed by atoms with Crippen LogP contribution in [0.4, 0.5) is 4.79 Å². The first-order chi connectivity index (χ1) is 8.52. The van der Waals surface area contributed by atoms with Crippen LogP contribution in [0.5, 0.6) is 0 Å². The van der Waals surface area contributed by atoms with Crippen LogP contribution in [0.25, 0.3) is 0 Å². The molecule has 1 aromatic heterocycles. The van der Waals surface area contributed by atoms with Crippen LogP contribution in [0.1, 0.15) is 17.8 Å². The first-order valence-electron chi connectivity index (χ1n) is 5.14. The van der Waals surface area contributed by atoms with Gasteiger partial charge >= 0.3 is 12.0 Å². The fourth-order valence-corrected chi connectivity index (χ4v) is 3.26. The summed E-state index contributed by atoms with van der Waals surface area (Å²) in [6.45, 7) is 1.68. The van der Waals surface area contributed by atoms with Gasteiger partial charge in [-0.3, -0.25) is 0 Å². The van der Waals surface area contributed by atoms with E-state index in [-0.39, 0.29) is 6.03 Å². The van der Waals surface area contributed by atoms with Crippen molar-refractivity contribution in [3.05, 3.63) is 32.1 Å². The van der Waals surface area contributed by atoms with Gasteiger partial charge in [0.1, 0.15) is 0 Å². The van der Waals surface area contributed by atoms with Crippen molar-refractivity contribution in [3.8, 4) is 0 Å². The summed E-state index contributed by atoms with van der Waals surface area (Å²) in [5.74, 6) is -0.450. The minimum absolute atomic E-state index is 0.324. The molecule has 2 N–H and O–H groups in total. The Morgan fingerprint density at radius 1 is 1.50 bits per heavy atom. The van der Waals surface area contributed by atoms with Gasteiger partial charge < -0.3 is 15.4 Å². The molecule has 0 unspecified atom stereocenters. The highest BCUT2D eigenvalue weighted by Gasteiger charge is 2.32. The summed E-state index contributed by atoms with van der Waals surface area (Å²) >= 11 is 4.82. The molecule has 0 radical (unpaired) electrons. The molecular weight excluding hydrogens is 320 g/mol. The largest absolute Gasteiger partial charge is 0.466 e. The Kier molecular flexibility index (Phi) is 3.72. The normalized spacial score (nSPS) is 19.3. The Hall–Kier alpha value is -1.34. The van der Waals surface area contributed by atoms with E-state index in [9.17, 15) is 9.59 Å². The maximum atomic E-state index is 11.8. The van der Waals surface area contributed by atoms with E-state index in [1.807, 2.05) is 12.1 Å². The lowest BCUT2D eigenvalue weighted by Crippen LogP contribution is -2.45. The zero-order chi connectivity index (χ0) is 13.3. The third-order valence-electron chi connectivity index (χ3n) is 2.55. The number of carbonyl (C=O) groups excluding carboxylic acids is 2. The predicted molar refractivity (Wildman–Crippen MR) is 71.1 cm³/mol. The number of hydrogen-bond acceptors (Lipinski definition) is 4. The Morgan fingerprint density at radius 3 is 2.78 bits per heavy atom. The van der Waals surface area contributed by atoms with Gasteiger partial charge in [0.15, 0.2) is 0 Å². The van der Waals surface area contributed by atoms with Crippen LogP contribution in [0.3, 0.4) is 0 Å². The third kappa shape index (κ3) is 2.41. The number of carbonyl (C=O) groups is 2. The van der Waals surface area contributed by atoms with Gasteiger partial charge in [-0.25, -0.2) is 9.59 Å². The lowest BCUT2D eigenvalue weighted by Gasteiger charge is -2.26. The quantitative estimate of drug-likeness (QED) is 0.817. The highest BCUT2D eigenvalue weighted by atomic mass is 79.9. The van der Waals surface area contributed by atoms with Crippen LogP contribution in [-0.4, -0.2) is 19.1 Å². The first kappa shape index (κ1) is 13.1. The van der Waals surface area contributed by atoms with Crippen LogP contribution < -0.4 is 10.6 Å². The number of thiophene rings is 1. The number of urea groups is 1. The van der Waals surface area contributed by atoms with Crippen LogP contribution in [0.2, 0.25) is 0 Å². The molecule has 96 valence electrons. The molecule has 5 nitrogen and oxygen atoms in total. The molecule has 0 aliphatic carbocycles. The van der Waals surface area contributed by atoms with Crippen LogP contribution in [0, 0.1) is 0 Å². The van der Waals surface area contributed by atoms with Crippen LogP contribution in [-0.2, 0) is 9.53 Å². The second kappa shape index (κ2) is 5.11. The molecule has 2 rings (SSSR count). The Balaban J connectivity index is 2.45. The van der Waals surface area contributed by atoms with Crippen molar-refractivity contribution in [2.75, 3.05) is 7.11 Å². The smallest absolute Gasteiger partial charge is 0.338 e. The minimum atomic E-state index is -0.470. The Morgan fingerprint density at radius 2 is 2.22 bits per heavy atom. The Bertz CT molecular complexity index is 538. The van der Waals surface area contributed by atoms with Gasteiger partial charge in [0.2, 0.25) is 0 Å². The molecule has 0 spiro atoms. The molecule has 1 aliphatic rings. The van der Waals surface area contributed by atoms with E-state index in [0.29, 0.717) is 11.3 Å². The van der Waals surface area contributed by atoms with Gasteiger partial charge in [0, 0.05) is 10.6 Å². The molecule has 1 atom stereocenters. The molecule has 0 saturated carbocycles. The van der Waals surface area contributed by atoms with Gasteiger partial charge in [0.25, 0.3) is 0 Å². The van der Waals surface area contributed by atoms with Crippen LogP contribution >= 0.6 is 27.3 Å². The molecule has 2 heterocycles. The summed E-state index contributed by atoms with van der Waals surface area (Å²) in [6, 6.07) is 2.94. The number of halogens is 1. The molecule has 0 fully saturated rings. The lowest BCUT2D eigenvalue weighted by molar-refractivity contribution is -0.136. The average Bonchev–Trinajstić information content (AvgIpc) is 2.74.